The van der Waals surface area contributed by atoms with Crippen molar-refractivity contribution >= 4 is 12.1 Å². The van der Waals surface area contributed by atoms with Gasteiger partial charge in [0.1, 0.15) is 12.6 Å². The fraction of sp³-hybridized carbons (Fsp3) is 0.364. The van der Waals surface area contributed by atoms with Crippen LogP contribution in [0.2, 0.25) is 0 Å². The fourth-order valence-electron chi connectivity index (χ4n) is 3.86. The summed E-state index contributed by atoms with van der Waals surface area (Å²) >= 11 is 0. The van der Waals surface area contributed by atoms with Gasteiger partial charge in [0.2, 0.25) is 0 Å². The number of ether oxygens (including phenoxy) is 1. The molecule has 0 bridgehead atoms. The molecule has 1 aliphatic carbocycles. The van der Waals surface area contributed by atoms with Crippen molar-refractivity contribution in [1.29, 1.82) is 0 Å². The van der Waals surface area contributed by atoms with E-state index in [1.54, 1.807) is 20.8 Å². The Hall–Kier alpha value is -2.82. The molecule has 0 aliphatic heterocycles. The van der Waals surface area contributed by atoms with Gasteiger partial charge in [0, 0.05) is 12.0 Å². The largest absolute Gasteiger partial charge is 0.480 e. The van der Waals surface area contributed by atoms with E-state index < -0.39 is 18.1 Å². The molecule has 27 heavy (non-hydrogen) atoms. The predicted molar refractivity (Wildman–Crippen MR) is 104 cm³/mol. The molecule has 5 heteroatoms. The Morgan fingerprint density at radius 2 is 1.56 bits per heavy atom. The van der Waals surface area contributed by atoms with Gasteiger partial charge in [-0.3, -0.25) is 4.90 Å². The molecule has 0 saturated carbocycles. The highest BCUT2D eigenvalue weighted by molar-refractivity contribution is 5.81. The van der Waals surface area contributed by atoms with E-state index in [2.05, 4.69) is 24.3 Å². The maximum Gasteiger partial charge on any atom is 0.410 e. The molecule has 5 nitrogen and oxygen atoms in total. The molecule has 0 aromatic heterocycles. The normalized spacial score (nSPS) is 13.8. The van der Waals surface area contributed by atoms with Gasteiger partial charge >= 0.3 is 12.1 Å². The van der Waals surface area contributed by atoms with E-state index in [0.717, 1.165) is 22.3 Å². The summed E-state index contributed by atoms with van der Waals surface area (Å²) in [5.74, 6) is -1.06. The third kappa shape index (κ3) is 3.54. The highest BCUT2D eigenvalue weighted by Gasteiger charge is 2.34. The Labute approximate surface area is 159 Å². The van der Waals surface area contributed by atoms with Crippen LogP contribution < -0.4 is 0 Å². The van der Waals surface area contributed by atoms with Crippen LogP contribution in [0.15, 0.2) is 48.5 Å². The average molecular weight is 367 g/mol. The van der Waals surface area contributed by atoms with Gasteiger partial charge in [-0.15, -0.1) is 0 Å². The second kappa shape index (κ2) is 7.82. The van der Waals surface area contributed by atoms with Crippen molar-refractivity contribution in [3.05, 3.63) is 59.7 Å². The van der Waals surface area contributed by atoms with E-state index in [0.29, 0.717) is 6.42 Å². The number of carboxylic acids is 1. The van der Waals surface area contributed by atoms with E-state index in [1.807, 2.05) is 24.3 Å². The van der Waals surface area contributed by atoms with Crippen molar-refractivity contribution < 1.29 is 19.4 Å². The quantitative estimate of drug-likeness (QED) is 0.816. The topological polar surface area (TPSA) is 66.8 Å². The van der Waals surface area contributed by atoms with Crippen molar-refractivity contribution in [1.82, 2.24) is 4.90 Å². The first-order valence-electron chi connectivity index (χ1n) is 9.31. The van der Waals surface area contributed by atoms with Crippen molar-refractivity contribution in [2.24, 2.45) is 0 Å². The standard InChI is InChI=1S/C22H25NO4/c1-4-20(21(24)25)23(14(2)3)22(26)27-13-19-17-11-7-5-9-15(17)16-10-6-8-12-18(16)19/h5-12,14,19-20H,4,13H2,1-3H3,(H,24,25)/t20-/m1/s1. The lowest BCUT2D eigenvalue weighted by Gasteiger charge is -2.31. The molecule has 1 amide bonds. The molecule has 0 unspecified atom stereocenters. The SMILES string of the molecule is CC[C@H](C(=O)O)N(C(=O)OCC1c2ccccc2-c2ccccc21)C(C)C. The van der Waals surface area contributed by atoms with Gasteiger partial charge in [-0.2, -0.15) is 0 Å². The molecule has 0 spiro atoms. The van der Waals surface area contributed by atoms with Crippen molar-refractivity contribution in [2.75, 3.05) is 6.61 Å². The molecule has 1 atom stereocenters. The molecule has 1 aliphatic rings. The summed E-state index contributed by atoms with van der Waals surface area (Å²) in [5, 5.41) is 9.43. The van der Waals surface area contributed by atoms with E-state index in [4.69, 9.17) is 4.74 Å². The summed E-state index contributed by atoms with van der Waals surface area (Å²) < 4.78 is 5.62. The molecule has 1 N–H and O–H groups in total. The highest BCUT2D eigenvalue weighted by Crippen LogP contribution is 2.44. The minimum atomic E-state index is -1.01. The molecule has 2 aromatic rings. The van der Waals surface area contributed by atoms with Crippen LogP contribution >= 0.6 is 0 Å². The predicted octanol–water partition coefficient (Wildman–Crippen LogP) is 4.51. The zero-order chi connectivity index (χ0) is 19.6. The van der Waals surface area contributed by atoms with Gasteiger partial charge in [0.25, 0.3) is 0 Å². The maximum absolute atomic E-state index is 12.7. The Morgan fingerprint density at radius 3 is 2.00 bits per heavy atom. The summed E-state index contributed by atoms with van der Waals surface area (Å²) in [4.78, 5) is 25.5. The number of benzene rings is 2. The maximum atomic E-state index is 12.7. The van der Waals surface area contributed by atoms with Crippen molar-refractivity contribution in [2.45, 2.75) is 45.2 Å². The first kappa shape index (κ1) is 19.0. The Bertz CT molecular complexity index is 800. The Kier molecular flexibility index (Phi) is 5.49. The Morgan fingerprint density at radius 1 is 1.04 bits per heavy atom. The zero-order valence-corrected chi connectivity index (χ0v) is 15.9. The van der Waals surface area contributed by atoms with Gasteiger partial charge in [-0.1, -0.05) is 55.5 Å². The minimum Gasteiger partial charge on any atom is -0.480 e. The number of carboxylic acid groups (broad SMARTS) is 1. The van der Waals surface area contributed by atoms with E-state index in [-0.39, 0.29) is 18.6 Å². The van der Waals surface area contributed by atoms with Crippen LogP contribution in [0, 0.1) is 0 Å². The summed E-state index contributed by atoms with van der Waals surface area (Å²) in [6.07, 6.45) is -0.251. The smallest absolute Gasteiger partial charge is 0.410 e. The van der Waals surface area contributed by atoms with Crippen LogP contribution in [0.4, 0.5) is 4.79 Å². The van der Waals surface area contributed by atoms with Gasteiger partial charge in [0.15, 0.2) is 0 Å². The number of hydrogen-bond acceptors (Lipinski definition) is 3. The van der Waals surface area contributed by atoms with E-state index in [1.165, 1.54) is 4.90 Å². The molecule has 0 saturated heterocycles. The molecule has 3 rings (SSSR count). The van der Waals surface area contributed by atoms with Crippen LogP contribution in [0.1, 0.15) is 44.2 Å². The third-order valence-electron chi connectivity index (χ3n) is 5.11. The fourth-order valence-corrected chi connectivity index (χ4v) is 3.86. The second-order valence-corrected chi connectivity index (χ2v) is 7.07. The number of nitrogens with zero attached hydrogens (tertiary/aromatic N) is 1. The molecule has 0 fully saturated rings. The number of rotatable bonds is 6. The Balaban J connectivity index is 1.82. The molecule has 2 aromatic carbocycles. The summed E-state index contributed by atoms with van der Waals surface area (Å²) in [6, 6.07) is 15.1. The highest BCUT2D eigenvalue weighted by atomic mass is 16.6. The minimum absolute atomic E-state index is 0.0414. The summed E-state index contributed by atoms with van der Waals surface area (Å²) in [5.41, 5.74) is 4.58. The lowest BCUT2D eigenvalue weighted by atomic mass is 9.98. The molecule has 0 radical (unpaired) electrons. The number of carbonyl (C=O) groups excluding carboxylic acids is 1. The van der Waals surface area contributed by atoms with Crippen molar-refractivity contribution in [3.8, 4) is 11.1 Å². The van der Waals surface area contributed by atoms with Gasteiger partial charge in [-0.25, -0.2) is 9.59 Å². The lowest BCUT2D eigenvalue weighted by Crippen LogP contribution is -2.49. The average Bonchev–Trinajstić information content (AvgIpc) is 2.97. The molecular formula is C22H25NO4. The van der Waals surface area contributed by atoms with Gasteiger partial charge in [0.05, 0.1) is 0 Å². The third-order valence-corrected chi connectivity index (χ3v) is 5.11. The molecule has 0 heterocycles. The first-order chi connectivity index (χ1) is 13.0. The number of carbonyl (C=O) groups is 2. The van der Waals surface area contributed by atoms with Crippen LogP contribution in [-0.2, 0) is 9.53 Å². The lowest BCUT2D eigenvalue weighted by molar-refractivity contribution is -0.143. The van der Waals surface area contributed by atoms with Crippen LogP contribution in [0.25, 0.3) is 11.1 Å². The first-order valence-corrected chi connectivity index (χ1v) is 9.31. The van der Waals surface area contributed by atoms with Crippen molar-refractivity contribution in [3.63, 3.8) is 0 Å². The summed E-state index contributed by atoms with van der Waals surface area (Å²) in [7, 11) is 0. The summed E-state index contributed by atoms with van der Waals surface area (Å²) in [6.45, 7) is 5.54. The van der Waals surface area contributed by atoms with E-state index >= 15 is 0 Å². The molecular weight excluding hydrogens is 342 g/mol. The van der Waals surface area contributed by atoms with Gasteiger partial charge in [-0.05, 0) is 42.5 Å². The zero-order valence-electron chi connectivity index (χ0n) is 15.9. The number of amides is 1. The number of fused-ring (bicyclic) bond motifs is 3. The van der Waals surface area contributed by atoms with E-state index in [9.17, 15) is 14.7 Å². The monoisotopic (exact) mass is 367 g/mol. The molecule has 142 valence electrons. The van der Waals surface area contributed by atoms with Crippen LogP contribution in [0.5, 0.6) is 0 Å². The second-order valence-electron chi connectivity index (χ2n) is 7.07. The van der Waals surface area contributed by atoms with Gasteiger partial charge < -0.3 is 9.84 Å². The van der Waals surface area contributed by atoms with Crippen LogP contribution in [-0.4, -0.2) is 40.8 Å². The number of hydrogen-bond donors (Lipinski definition) is 1. The van der Waals surface area contributed by atoms with Crippen LogP contribution in [0.3, 0.4) is 0 Å². The number of aliphatic carboxylic acids is 1.